The van der Waals surface area contributed by atoms with E-state index in [1.807, 2.05) is 6.08 Å². The summed E-state index contributed by atoms with van der Waals surface area (Å²) in [7, 11) is -4.33. The summed E-state index contributed by atoms with van der Waals surface area (Å²) in [6.07, 6.45) is 39.2. The van der Waals surface area contributed by atoms with E-state index in [4.69, 9.17) is 0 Å². The van der Waals surface area contributed by atoms with Crippen molar-refractivity contribution in [2.45, 2.75) is 219 Å². The van der Waals surface area contributed by atoms with Gasteiger partial charge in [0.1, 0.15) is 0 Å². The summed E-state index contributed by atoms with van der Waals surface area (Å²) in [6, 6.07) is -1.05. The van der Waals surface area contributed by atoms with Crippen LogP contribution < -0.4 is 5.32 Å². The molecular formula is C38H75NO5S. The molecule has 0 aromatic heterocycles. The average Bonchev–Trinajstić information content (AvgIpc) is 3.00. The Balaban J connectivity index is 3.84. The fraction of sp³-hybridized carbons (Fsp3) is 0.921. The molecule has 268 valence electrons. The Kier molecular flexibility index (Phi) is 32.3. The lowest BCUT2D eigenvalue weighted by Gasteiger charge is -2.21. The first kappa shape index (κ1) is 44.1. The number of hydrogen-bond donors (Lipinski definition) is 3. The van der Waals surface area contributed by atoms with Crippen molar-refractivity contribution in [3.63, 3.8) is 0 Å². The molecule has 0 bridgehead atoms. The van der Waals surface area contributed by atoms with Crippen LogP contribution in [0.4, 0.5) is 0 Å². The van der Waals surface area contributed by atoms with Crippen molar-refractivity contribution in [3.8, 4) is 0 Å². The minimum atomic E-state index is -4.33. The average molecular weight is 658 g/mol. The Morgan fingerprint density at radius 3 is 1.27 bits per heavy atom. The normalized spacial score (nSPS) is 13.4. The summed E-state index contributed by atoms with van der Waals surface area (Å²) in [5.74, 6) is -0.973. The van der Waals surface area contributed by atoms with Crippen LogP contribution in [0.2, 0.25) is 0 Å². The van der Waals surface area contributed by atoms with Crippen LogP contribution in [0.1, 0.15) is 206 Å². The van der Waals surface area contributed by atoms with Crippen LogP contribution in [0.25, 0.3) is 0 Å². The van der Waals surface area contributed by atoms with Gasteiger partial charge in [-0.05, 0) is 19.3 Å². The van der Waals surface area contributed by atoms with Crippen LogP contribution in [0.3, 0.4) is 0 Å². The molecule has 7 heteroatoms. The Labute approximate surface area is 280 Å². The molecule has 2 atom stereocenters. The number of carbonyl (C=O) groups excluding carboxylic acids is 1. The Bertz CT molecular complexity index is 770. The summed E-state index contributed by atoms with van der Waals surface area (Å²) in [5, 5.41) is 13.2. The smallest absolute Gasteiger partial charge is 0.267 e. The lowest BCUT2D eigenvalue weighted by molar-refractivity contribution is -0.122. The van der Waals surface area contributed by atoms with Crippen LogP contribution >= 0.6 is 0 Å². The molecule has 0 spiro atoms. The van der Waals surface area contributed by atoms with E-state index in [0.717, 1.165) is 38.5 Å². The molecule has 0 heterocycles. The molecule has 0 rings (SSSR count). The van der Waals surface area contributed by atoms with Crippen LogP contribution in [0.15, 0.2) is 12.2 Å². The van der Waals surface area contributed by atoms with E-state index in [1.165, 1.54) is 148 Å². The van der Waals surface area contributed by atoms with Gasteiger partial charge in [-0.3, -0.25) is 9.35 Å². The second kappa shape index (κ2) is 33.0. The molecule has 0 aliphatic rings. The van der Waals surface area contributed by atoms with Crippen molar-refractivity contribution in [2.24, 2.45) is 0 Å². The number of allylic oxidation sites excluding steroid dienone is 1. The predicted molar refractivity (Wildman–Crippen MR) is 193 cm³/mol. The fourth-order valence-electron chi connectivity index (χ4n) is 6.04. The second-order valence-electron chi connectivity index (χ2n) is 13.6. The molecule has 0 saturated carbocycles. The Hall–Kier alpha value is -0.920. The summed E-state index contributed by atoms with van der Waals surface area (Å²) < 4.78 is 32.3. The van der Waals surface area contributed by atoms with E-state index in [9.17, 15) is 22.9 Å². The number of hydrogen-bond acceptors (Lipinski definition) is 4. The number of rotatable bonds is 35. The predicted octanol–water partition coefficient (Wildman–Crippen LogP) is 11.0. The van der Waals surface area contributed by atoms with Crippen molar-refractivity contribution < 1.29 is 22.9 Å². The summed E-state index contributed by atoms with van der Waals surface area (Å²) in [5.41, 5.74) is 0. The monoisotopic (exact) mass is 658 g/mol. The molecular weight excluding hydrogens is 582 g/mol. The molecule has 0 radical (unpaired) electrons. The zero-order valence-corrected chi connectivity index (χ0v) is 30.6. The topological polar surface area (TPSA) is 104 Å². The highest BCUT2D eigenvalue weighted by atomic mass is 32.2. The maximum Gasteiger partial charge on any atom is 0.267 e. The first-order valence-corrected chi connectivity index (χ1v) is 21.0. The van der Waals surface area contributed by atoms with Crippen molar-refractivity contribution in [1.82, 2.24) is 5.32 Å². The van der Waals surface area contributed by atoms with E-state index in [1.54, 1.807) is 6.08 Å². The van der Waals surface area contributed by atoms with Crippen molar-refractivity contribution in [3.05, 3.63) is 12.2 Å². The van der Waals surface area contributed by atoms with Gasteiger partial charge in [-0.1, -0.05) is 193 Å². The van der Waals surface area contributed by atoms with Crippen LogP contribution in [0.5, 0.6) is 0 Å². The molecule has 0 aromatic carbocycles. The zero-order valence-electron chi connectivity index (χ0n) is 29.8. The quantitative estimate of drug-likeness (QED) is 0.0357. The number of unbranched alkanes of at least 4 members (excludes halogenated alkanes) is 27. The van der Waals surface area contributed by atoms with Crippen LogP contribution in [-0.4, -0.2) is 41.9 Å². The van der Waals surface area contributed by atoms with Gasteiger partial charge in [0.05, 0.1) is 17.9 Å². The summed E-state index contributed by atoms with van der Waals surface area (Å²) >= 11 is 0. The Morgan fingerprint density at radius 2 is 0.911 bits per heavy atom. The third-order valence-corrected chi connectivity index (χ3v) is 9.74. The van der Waals surface area contributed by atoms with Gasteiger partial charge in [0.25, 0.3) is 10.1 Å². The fourth-order valence-corrected chi connectivity index (χ4v) is 6.77. The van der Waals surface area contributed by atoms with Crippen molar-refractivity contribution in [2.75, 3.05) is 5.75 Å². The minimum absolute atomic E-state index is 0.280. The maximum atomic E-state index is 12.4. The van der Waals surface area contributed by atoms with E-state index >= 15 is 0 Å². The minimum Gasteiger partial charge on any atom is -0.387 e. The molecule has 1 amide bonds. The number of amides is 1. The molecule has 0 aliphatic heterocycles. The van der Waals surface area contributed by atoms with Crippen LogP contribution in [0, 0.1) is 0 Å². The highest BCUT2D eigenvalue weighted by Gasteiger charge is 2.24. The molecule has 0 aromatic rings. The molecule has 0 saturated heterocycles. The van der Waals surface area contributed by atoms with Gasteiger partial charge in [-0.2, -0.15) is 8.42 Å². The van der Waals surface area contributed by atoms with Crippen molar-refractivity contribution >= 4 is 16.0 Å². The highest BCUT2D eigenvalue weighted by molar-refractivity contribution is 7.85. The number of aliphatic hydroxyl groups is 1. The summed E-state index contributed by atoms with van der Waals surface area (Å²) in [4.78, 5) is 12.4. The maximum absolute atomic E-state index is 12.4. The highest BCUT2D eigenvalue weighted by Crippen LogP contribution is 2.15. The van der Waals surface area contributed by atoms with Gasteiger partial charge in [0.15, 0.2) is 0 Å². The zero-order chi connectivity index (χ0) is 33.3. The SMILES string of the molecule is CCCCCCCCCCCCCCCCCCCCC/C=C/C(O)C(CS(=O)(=O)O)NC(=O)CCCCCCCCCCC. The largest absolute Gasteiger partial charge is 0.387 e. The summed E-state index contributed by atoms with van der Waals surface area (Å²) in [6.45, 7) is 4.49. The van der Waals surface area contributed by atoms with Crippen molar-refractivity contribution in [1.29, 1.82) is 0 Å². The lowest BCUT2D eigenvalue weighted by atomic mass is 10.0. The first-order valence-electron chi connectivity index (χ1n) is 19.4. The van der Waals surface area contributed by atoms with Gasteiger partial charge in [0.2, 0.25) is 5.91 Å². The van der Waals surface area contributed by atoms with Gasteiger partial charge in [-0.15, -0.1) is 0 Å². The number of nitrogens with one attached hydrogen (secondary N) is 1. The van der Waals surface area contributed by atoms with E-state index < -0.39 is 28.0 Å². The first-order chi connectivity index (χ1) is 21.8. The lowest BCUT2D eigenvalue weighted by Crippen LogP contribution is -2.46. The second-order valence-corrected chi connectivity index (χ2v) is 15.1. The molecule has 3 N–H and O–H groups in total. The van der Waals surface area contributed by atoms with E-state index in [0.29, 0.717) is 6.42 Å². The molecule has 0 aliphatic carbocycles. The Morgan fingerprint density at radius 1 is 0.578 bits per heavy atom. The van der Waals surface area contributed by atoms with E-state index in [2.05, 4.69) is 19.2 Å². The van der Waals surface area contributed by atoms with Crippen LogP contribution in [-0.2, 0) is 14.9 Å². The van der Waals surface area contributed by atoms with Gasteiger partial charge in [-0.25, -0.2) is 0 Å². The molecule has 2 unspecified atom stereocenters. The standard InChI is InChI=1S/C38H75NO5S/c1-3-5-7-9-11-13-14-15-16-17-18-19-20-21-22-23-24-26-27-29-31-33-37(40)36(35-45(42,43)44)39-38(41)34-32-30-28-25-12-10-8-6-4-2/h31,33,36-37,40H,3-30,32,34-35H2,1-2H3,(H,39,41)(H,42,43,44)/b33-31+. The molecule has 6 nitrogen and oxygen atoms in total. The third-order valence-electron chi connectivity index (χ3n) is 8.96. The van der Waals surface area contributed by atoms with Gasteiger partial charge in [0, 0.05) is 6.42 Å². The molecule has 45 heavy (non-hydrogen) atoms. The van der Waals surface area contributed by atoms with E-state index in [-0.39, 0.29) is 5.91 Å². The van der Waals surface area contributed by atoms with Gasteiger partial charge < -0.3 is 10.4 Å². The third kappa shape index (κ3) is 34.2. The number of aliphatic hydroxyl groups excluding tert-OH is 1. The number of carbonyl (C=O) groups is 1. The van der Waals surface area contributed by atoms with Gasteiger partial charge >= 0.3 is 0 Å². The molecule has 0 fully saturated rings.